The summed E-state index contributed by atoms with van der Waals surface area (Å²) >= 11 is 0. The molecule has 2 heteroatoms. The van der Waals surface area contributed by atoms with Crippen LogP contribution in [-0.2, 0) is 0 Å². The number of aromatic nitrogens is 1. The standard InChI is InChI=1S/C9H14N2/c1-7(6-10)9-5-3-4-8(2)11-9/h3-5,7H,6,10H2,1-2H3. The van der Waals surface area contributed by atoms with Gasteiger partial charge in [-0.3, -0.25) is 4.98 Å². The first-order valence-electron chi connectivity index (χ1n) is 3.87. The van der Waals surface area contributed by atoms with E-state index in [9.17, 15) is 0 Å². The topological polar surface area (TPSA) is 38.9 Å². The molecule has 11 heavy (non-hydrogen) atoms. The van der Waals surface area contributed by atoms with E-state index in [1.54, 1.807) is 0 Å². The summed E-state index contributed by atoms with van der Waals surface area (Å²) in [5, 5.41) is 0. The Kier molecular flexibility index (Phi) is 2.60. The number of aryl methyl sites for hydroxylation is 1. The van der Waals surface area contributed by atoms with Crippen molar-refractivity contribution in [1.82, 2.24) is 4.98 Å². The molecule has 1 aromatic rings. The van der Waals surface area contributed by atoms with Crippen LogP contribution in [0.5, 0.6) is 0 Å². The number of rotatable bonds is 2. The van der Waals surface area contributed by atoms with Gasteiger partial charge in [0.15, 0.2) is 0 Å². The van der Waals surface area contributed by atoms with Crippen LogP contribution in [-0.4, -0.2) is 11.5 Å². The van der Waals surface area contributed by atoms with E-state index in [2.05, 4.69) is 11.9 Å². The Bertz CT molecular complexity index is 233. The molecule has 0 aliphatic rings. The molecule has 0 saturated carbocycles. The second-order valence-electron chi connectivity index (χ2n) is 2.84. The lowest BCUT2D eigenvalue weighted by Crippen LogP contribution is -2.10. The third kappa shape index (κ3) is 2.02. The van der Waals surface area contributed by atoms with Crippen molar-refractivity contribution in [3.63, 3.8) is 0 Å². The molecule has 1 rings (SSSR count). The van der Waals surface area contributed by atoms with Crippen LogP contribution in [0, 0.1) is 6.92 Å². The molecule has 0 aromatic carbocycles. The lowest BCUT2D eigenvalue weighted by atomic mass is 10.1. The first-order valence-corrected chi connectivity index (χ1v) is 3.87. The number of nitrogens with zero attached hydrogens (tertiary/aromatic N) is 1. The van der Waals surface area contributed by atoms with Gasteiger partial charge in [-0.1, -0.05) is 13.0 Å². The van der Waals surface area contributed by atoms with Crippen molar-refractivity contribution >= 4 is 0 Å². The maximum absolute atomic E-state index is 5.51. The highest BCUT2D eigenvalue weighted by atomic mass is 14.7. The number of hydrogen-bond donors (Lipinski definition) is 1. The van der Waals surface area contributed by atoms with Crippen LogP contribution in [0.2, 0.25) is 0 Å². The van der Waals surface area contributed by atoms with Crippen molar-refractivity contribution in [3.8, 4) is 0 Å². The molecule has 1 atom stereocenters. The Morgan fingerprint density at radius 3 is 2.82 bits per heavy atom. The summed E-state index contributed by atoms with van der Waals surface area (Å²) in [6, 6.07) is 6.03. The third-order valence-electron chi connectivity index (χ3n) is 1.77. The molecule has 0 saturated heterocycles. The fraction of sp³-hybridized carbons (Fsp3) is 0.444. The molecular formula is C9H14N2. The fourth-order valence-corrected chi connectivity index (χ4v) is 0.959. The van der Waals surface area contributed by atoms with Gasteiger partial charge in [-0.05, 0) is 19.1 Å². The molecule has 0 fully saturated rings. The minimum atomic E-state index is 0.370. The van der Waals surface area contributed by atoms with Crippen molar-refractivity contribution in [1.29, 1.82) is 0 Å². The maximum Gasteiger partial charge on any atom is 0.0447 e. The van der Waals surface area contributed by atoms with Crippen molar-refractivity contribution in [2.24, 2.45) is 5.73 Å². The summed E-state index contributed by atoms with van der Waals surface area (Å²) in [6.45, 7) is 4.74. The zero-order valence-electron chi connectivity index (χ0n) is 7.04. The number of nitrogens with two attached hydrogens (primary N) is 1. The number of hydrogen-bond acceptors (Lipinski definition) is 2. The molecule has 0 aliphatic carbocycles. The number of pyridine rings is 1. The Morgan fingerprint density at radius 1 is 1.55 bits per heavy atom. The lowest BCUT2D eigenvalue weighted by molar-refractivity contribution is 0.741. The molecule has 0 radical (unpaired) electrons. The van der Waals surface area contributed by atoms with Gasteiger partial charge in [0.05, 0.1) is 0 Å². The van der Waals surface area contributed by atoms with Gasteiger partial charge in [-0.2, -0.15) is 0 Å². The zero-order valence-corrected chi connectivity index (χ0v) is 7.04. The van der Waals surface area contributed by atoms with E-state index < -0.39 is 0 Å². The van der Waals surface area contributed by atoms with E-state index in [4.69, 9.17) is 5.73 Å². The summed E-state index contributed by atoms with van der Waals surface area (Å²) < 4.78 is 0. The van der Waals surface area contributed by atoms with Gasteiger partial charge >= 0.3 is 0 Å². The second-order valence-corrected chi connectivity index (χ2v) is 2.84. The van der Waals surface area contributed by atoms with Gasteiger partial charge in [0.1, 0.15) is 0 Å². The van der Waals surface area contributed by atoms with Crippen LogP contribution >= 0.6 is 0 Å². The van der Waals surface area contributed by atoms with Gasteiger partial charge < -0.3 is 5.73 Å². The molecule has 0 bridgehead atoms. The minimum Gasteiger partial charge on any atom is -0.330 e. The summed E-state index contributed by atoms with van der Waals surface area (Å²) in [7, 11) is 0. The minimum absolute atomic E-state index is 0.370. The molecular weight excluding hydrogens is 136 g/mol. The Hall–Kier alpha value is -0.890. The van der Waals surface area contributed by atoms with Crippen molar-refractivity contribution in [2.75, 3.05) is 6.54 Å². The van der Waals surface area contributed by atoms with Gasteiger partial charge in [-0.15, -0.1) is 0 Å². The summed E-state index contributed by atoms with van der Waals surface area (Å²) in [5.41, 5.74) is 7.66. The van der Waals surface area contributed by atoms with Gasteiger partial charge in [0.2, 0.25) is 0 Å². The van der Waals surface area contributed by atoms with Crippen LogP contribution in [0.1, 0.15) is 24.2 Å². The highest BCUT2D eigenvalue weighted by molar-refractivity contribution is 5.13. The molecule has 60 valence electrons. The normalized spacial score (nSPS) is 13.0. The quantitative estimate of drug-likeness (QED) is 0.693. The molecule has 1 unspecified atom stereocenters. The van der Waals surface area contributed by atoms with Crippen LogP contribution in [0.4, 0.5) is 0 Å². The Labute approximate surface area is 67.5 Å². The molecule has 2 nitrogen and oxygen atoms in total. The van der Waals surface area contributed by atoms with E-state index in [0.717, 1.165) is 11.4 Å². The van der Waals surface area contributed by atoms with E-state index in [-0.39, 0.29) is 0 Å². The van der Waals surface area contributed by atoms with Crippen molar-refractivity contribution < 1.29 is 0 Å². The zero-order chi connectivity index (χ0) is 8.27. The van der Waals surface area contributed by atoms with Crippen LogP contribution in [0.15, 0.2) is 18.2 Å². The molecule has 2 N–H and O–H groups in total. The van der Waals surface area contributed by atoms with Gasteiger partial charge in [0.25, 0.3) is 0 Å². The fourth-order valence-electron chi connectivity index (χ4n) is 0.959. The molecule has 0 spiro atoms. The summed E-state index contributed by atoms with van der Waals surface area (Å²) in [5.74, 6) is 0.370. The van der Waals surface area contributed by atoms with Crippen molar-refractivity contribution in [2.45, 2.75) is 19.8 Å². The summed E-state index contributed by atoms with van der Waals surface area (Å²) in [6.07, 6.45) is 0. The van der Waals surface area contributed by atoms with Gasteiger partial charge in [0, 0.05) is 23.9 Å². The Balaban J connectivity index is 2.86. The predicted molar refractivity (Wildman–Crippen MR) is 46.4 cm³/mol. The largest absolute Gasteiger partial charge is 0.330 e. The monoisotopic (exact) mass is 150 g/mol. The summed E-state index contributed by atoms with van der Waals surface area (Å²) in [4.78, 5) is 4.36. The second kappa shape index (κ2) is 3.49. The van der Waals surface area contributed by atoms with E-state index >= 15 is 0 Å². The lowest BCUT2D eigenvalue weighted by Gasteiger charge is -2.07. The van der Waals surface area contributed by atoms with Gasteiger partial charge in [-0.25, -0.2) is 0 Å². The first kappa shape index (κ1) is 8.21. The van der Waals surface area contributed by atoms with Crippen LogP contribution < -0.4 is 5.73 Å². The average molecular weight is 150 g/mol. The van der Waals surface area contributed by atoms with E-state index in [1.165, 1.54) is 0 Å². The average Bonchev–Trinajstić information content (AvgIpc) is 2.03. The molecule has 1 heterocycles. The first-order chi connectivity index (χ1) is 5.24. The van der Waals surface area contributed by atoms with E-state index in [1.807, 2.05) is 25.1 Å². The molecule has 1 aromatic heterocycles. The predicted octanol–water partition coefficient (Wildman–Crippen LogP) is 1.45. The van der Waals surface area contributed by atoms with Crippen LogP contribution in [0.3, 0.4) is 0 Å². The smallest absolute Gasteiger partial charge is 0.0447 e. The van der Waals surface area contributed by atoms with Crippen LogP contribution in [0.25, 0.3) is 0 Å². The molecule has 0 amide bonds. The van der Waals surface area contributed by atoms with Crippen molar-refractivity contribution in [3.05, 3.63) is 29.6 Å². The Morgan fingerprint density at radius 2 is 2.27 bits per heavy atom. The maximum atomic E-state index is 5.51. The van der Waals surface area contributed by atoms with E-state index in [0.29, 0.717) is 12.5 Å². The highest BCUT2D eigenvalue weighted by Gasteiger charge is 2.02. The third-order valence-corrected chi connectivity index (χ3v) is 1.77. The highest BCUT2D eigenvalue weighted by Crippen LogP contribution is 2.10. The SMILES string of the molecule is Cc1cccc(C(C)CN)n1. The molecule has 0 aliphatic heterocycles.